The molecule has 1 fully saturated rings. The highest BCUT2D eigenvalue weighted by molar-refractivity contribution is 5.84. The highest BCUT2D eigenvalue weighted by Crippen LogP contribution is 2.71. The van der Waals surface area contributed by atoms with Gasteiger partial charge in [0.25, 0.3) is 0 Å². The summed E-state index contributed by atoms with van der Waals surface area (Å²) >= 11 is 0. The van der Waals surface area contributed by atoms with Gasteiger partial charge in [-0.25, -0.2) is 0 Å². The number of hydrogen-bond acceptors (Lipinski definition) is 9. The van der Waals surface area contributed by atoms with E-state index >= 15 is 0 Å². The van der Waals surface area contributed by atoms with Gasteiger partial charge in [0.1, 0.15) is 17.2 Å². The molecule has 0 saturated heterocycles. The molecule has 1 saturated carbocycles. The van der Waals surface area contributed by atoms with Gasteiger partial charge in [-0.3, -0.25) is 9.59 Å². The van der Waals surface area contributed by atoms with Gasteiger partial charge >= 0.3 is 5.97 Å². The number of esters is 1. The number of carbonyl (C=O) groups excluding carboxylic acids is 2. The van der Waals surface area contributed by atoms with E-state index in [1.807, 2.05) is 18.2 Å². The van der Waals surface area contributed by atoms with Crippen LogP contribution in [0.3, 0.4) is 0 Å². The van der Waals surface area contributed by atoms with Crippen molar-refractivity contribution in [3.8, 4) is 28.7 Å². The third-order valence-electron chi connectivity index (χ3n) is 7.86. The Kier molecular flexibility index (Phi) is 6.75. The Balaban J connectivity index is 1.95. The Morgan fingerprint density at radius 3 is 2.23 bits per heavy atom. The smallest absolute Gasteiger partial charge is 0.303 e. The SMILES string of the molecule is CNC(=O)C1C(OC(C)=O)[C@@]2(O)c3c(OC)cc(OC)cc3O[C@@]2(c2ccc(OC)c(O)c2)[C@@H]1c1ccccc1. The number of aromatic hydroxyl groups is 1. The first-order valence-corrected chi connectivity index (χ1v) is 12.7. The molecule has 0 radical (unpaired) electrons. The fraction of sp³-hybridized carbons (Fsp3) is 0.333. The zero-order valence-electron chi connectivity index (χ0n) is 22.8. The maximum absolute atomic E-state index is 13.7. The van der Waals surface area contributed by atoms with Crippen molar-refractivity contribution < 1.29 is 43.5 Å². The topological polar surface area (TPSA) is 133 Å². The molecule has 2 aliphatic rings. The van der Waals surface area contributed by atoms with E-state index in [4.69, 9.17) is 23.7 Å². The first kappa shape index (κ1) is 27.1. The van der Waals surface area contributed by atoms with Crippen LogP contribution in [0.1, 0.15) is 29.5 Å². The van der Waals surface area contributed by atoms with Crippen molar-refractivity contribution in [1.82, 2.24) is 5.32 Å². The number of aliphatic hydroxyl groups is 1. The number of phenols is 1. The molecule has 5 rings (SSSR count). The number of benzene rings is 3. The van der Waals surface area contributed by atoms with Gasteiger partial charge in [0.15, 0.2) is 28.8 Å². The number of phenolic OH excluding ortho intramolecular Hbond substituents is 1. The molecular formula is C30H31NO9. The molecule has 2 unspecified atom stereocenters. The summed E-state index contributed by atoms with van der Waals surface area (Å²) in [4.78, 5) is 26.2. The minimum absolute atomic E-state index is 0.185. The minimum atomic E-state index is -2.18. The molecule has 10 nitrogen and oxygen atoms in total. The Bertz CT molecular complexity index is 1460. The number of rotatable bonds is 7. The molecule has 3 aromatic rings. The van der Waals surface area contributed by atoms with Crippen molar-refractivity contribution in [2.75, 3.05) is 28.4 Å². The third-order valence-corrected chi connectivity index (χ3v) is 7.86. The molecule has 40 heavy (non-hydrogen) atoms. The number of methoxy groups -OCH3 is 3. The Hall–Kier alpha value is -4.44. The third kappa shape index (κ3) is 3.66. The lowest BCUT2D eigenvalue weighted by Crippen LogP contribution is -2.53. The summed E-state index contributed by atoms with van der Waals surface area (Å²) in [5.74, 6) is -2.40. The number of fused-ring (bicyclic) bond motifs is 3. The van der Waals surface area contributed by atoms with Gasteiger partial charge in [-0.1, -0.05) is 36.4 Å². The molecule has 0 aromatic heterocycles. The molecule has 1 amide bonds. The van der Waals surface area contributed by atoms with Crippen LogP contribution in [0, 0.1) is 5.92 Å². The number of nitrogens with one attached hydrogen (secondary N) is 1. The molecule has 1 heterocycles. The summed E-state index contributed by atoms with van der Waals surface area (Å²) in [5, 5.41) is 26.7. The first-order chi connectivity index (χ1) is 19.2. The summed E-state index contributed by atoms with van der Waals surface area (Å²) in [6.45, 7) is 1.21. The van der Waals surface area contributed by atoms with Crippen LogP contribution in [0.2, 0.25) is 0 Å². The number of amides is 1. The Labute approximate surface area is 231 Å². The van der Waals surface area contributed by atoms with E-state index in [2.05, 4.69) is 5.32 Å². The molecule has 3 aromatic carbocycles. The van der Waals surface area contributed by atoms with Crippen molar-refractivity contribution in [2.45, 2.75) is 30.1 Å². The lowest BCUT2D eigenvalue weighted by atomic mass is 9.70. The molecule has 1 aliphatic heterocycles. The predicted octanol–water partition coefficient (Wildman–Crippen LogP) is 2.98. The van der Waals surface area contributed by atoms with Gasteiger partial charge in [0.05, 0.1) is 32.8 Å². The van der Waals surface area contributed by atoms with Crippen molar-refractivity contribution in [3.63, 3.8) is 0 Å². The lowest BCUT2D eigenvalue weighted by molar-refractivity contribution is -0.183. The molecule has 0 spiro atoms. The van der Waals surface area contributed by atoms with E-state index < -0.39 is 41.0 Å². The number of carbonyl (C=O) groups is 2. The standard InChI is InChI=1S/C30H31NO9/c1-16(32)39-27-24(28(34)31-2)25(17-9-7-6-8-10-17)30(18-11-12-21(37-4)20(33)13-18)29(27,35)26-22(38-5)14-19(36-3)15-23(26)40-30/h6-15,24-25,27,33,35H,1-5H3,(H,31,34)/t24?,25-,27?,29+,30+/m1/s1. The van der Waals surface area contributed by atoms with Crippen LogP contribution in [0.15, 0.2) is 60.7 Å². The summed E-state index contributed by atoms with van der Waals surface area (Å²) in [7, 11) is 5.81. The van der Waals surface area contributed by atoms with E-state index in [9.17, 15) is 19.8 Å². The zero-order chi connectivity index (χ0) is 28.8. The molecule has 1 aliphatic carbocycles. The van der Waals surface area contributed by atoms with Crippen LogP contribution >= 0.6 is 0 Å². The highest BCUT2D eigenvalue weighted by atomic mass is 16.6. The largest absolute Gasteiger partial charge is 0.504 e. The van der Waals surface area contributed by atoms with Gasteiger partial charge in [0, 0.05) is 37.6 Å². The number of hydrogen-bond donors (Lipinski definition) is 3. The molecule has 5 atom stereocenters. The average molecular weight is 550 g/mol. The van der Waals surface area contributed by atoms with E-state index in [1.54, 1.807) is 36.4 Å². The van der Waals surface area contributed by atoms with Crippen LogP contribution in [-0.4, -0.2) is 56.6 Å². The van der Waals surface area contributed by atoms with Crippen molar-refractivity contribution in [3.05, 3.63) is 77.4 Å². The van der Waals surface area contributed by atoms with Crippen LogP contribution in [0.25, 0.3) is 0 Å². The van der Waals surface area contributed by atoms with Gasteiger partial charge < -0.3 is 39.2 Å². The van der Waals surface area contributed by atoms with Crippen LogP contribution in [0.4, 0.5) is 0 Å². The predicted molar refractivity (Wildman–Crippen MR) is 143 cm³/mol. The zero-order valence-corrected chi connectivity index (χ0v) is 22.8. The normalized spacial score (nSPS) is 26.2. The van der Waals surface area contributed by atoms with Gasteiger partial charge in [-0.2, -0.15) is 0 Å². The maximum atomic E-state index is 13.7. The van der Waals surface area contributed by atoms with Crippen LogP contribution in [-0.2, 0) is 25.5 Å². The van der Waals surface area contributed by atoms with Gasteiger partial charge in [-0.15, -0.1) is 0 Å². The second-order valence-electron chi connectivity index (χ2n) is 9.75. The van der Waals surface area contributed by atoms with Crippen molar-refractivity contribution in [1.29, 1.82) is 0 Å². The first-order valence-electron chi connectivity index (χ1n) is 12.7. The monoisotopic (exact) mass is 549 g/mol. The summed E-state index contributed by atoms with van der Waals surface area (Å²) in [6, 6.07) is 16.8. The lowest BCUT2D eigenvalue weighted by Gasteiger charge is -2.41. The highest BCUT2D eigenvalue weighted by Gasteiger charge is 2.79. The molecular weight excluding hydrogens is 518 g/mol. The molecule has 0 bridgehead atoms. The summed E-state index contributed by atoms with van der Waals surface area (Å²) in [5.41, 5.74) is -2.83. The molecule has 10 heteroatoms. The molecule has 210 valence electrons. The fourth-order valence-electron chi connectivity index (χ4n) is 6.35. The van der Waals surface area contributed by atoms with Crippen LogP contribution in [0.5, 0.6) is 28.7 Å². The Morgan fingerprint density at radius 1 is 0.950 bits per heavy atom. The van der Waals surface area contributed by atoms with Crippen LogP contribution < -0.4 is 24.3 Å². The second-order valence-corrected chi connectivity index (χ2v) is 9.75. The fourth-order valence-corrected chi connectivity index (χ4v) is 6.35. The maximum Gasteiger partial charge on any atom is 0.303 e. The van der Waals surface area contributed by atoms with E-state index in [1.165, 1.54) is 41.4 Å². The quantitative estimate of drug-likeness (QED) is 0.381. The van der Waals surface area contributed by atoms with E-state index in [-0.39, 0.29) is 28.6 Å². The summed E-state index contributed by atoms with van der Waals surface area (Å²) in [6.07, 6.45) is -1.43. The second kappa shape index (κ2) is 9.95. The average Bonchev–Trinajstić information content (AvgIpc) is 3.34. The van der Waals surface area contributed by atoms with Gasteiger partial charge in [0.2, 0.25) is 5.91 Å². The number of ether oxygens (including phenoxy) is 5. The Morgan fingerprint density at radius 2 is 1.65 bits per heavy atom. The van der Waals surface area contributed by atoms with Crippen molar-refractivity contribution in [2.24, 2.45) is 5.92 Å². The van der Waals surface area contributed by atoms with Gasteiger partial charge in [-0.05, 0) is 17.7 Å². The summed E-state index contributed by atoms with van der Waals surface area (Å²) < 4.78 is 29.1. The van der Waals surface area contributed by atoms with Crippen molar-refractivity contribution >= 4 is 11.9 Å². The van der Waals surface area contributed by atoms with E-state index in [0.29, 0.717) is 16.9 Å². The van der Waals surface area contributed by atoms with E-state index in [0.717, 1.165) is 0 Å². The minimum Gasteiger partial charge on any atom is -0.504 e. The molecule has 3 N–H and O–H groups in total.